The van der Waals surface area contributed by atoms with Crippen molar-refractivity contribution in [2.45, 2.75) is 50.6 Å². The summed E-state index contributed by atoms with van der Waals surface area (Å²) >= 11 is 5.96. The minimum Gasteiger partial charge on any atom is -0.353 e. The minimum absolute atomic E-state index is 0.0847. The zero-order chi connectivity index (χ0) is 15.5. The SMILES string of the molecule is NC(CCC(=O)NC1CCCC1)c1nc2ccc(Cl)cc2[nH]1. The number of nitrogens with zero attached hydrogens (tertiary/aromatic N) is 1. The third-order valence-electron chi connectivity index (χ3n) is 4.22. The molecule has 3 rings (SSSR count). The van der Waals surface area contributed by atoms with Crippen molar-refractivity contribution in [3.8, 4) is 0 Å². The van der Waals surface area contributed by atoms with E-state index in [4.69, 9.17) is 17.3 Å². The maximum absolute atomic E-state index is 11.9. The number of aromatic nitrogens is 2. The molecule has 0 radical (unpaired) electrons. The second kappa shape index (κ2) is 6.67. The number of H-pyrrole nitrogens is 1. The molecule has 1 aromatic heterocycles. The molecule has 1 fully saturated rings. The van der Waals surface area contributed by atoms with Crippen LogP contribution in [0.25, 0.3) is 11.0 Å². The van der Waals surface area contributed by atoms with Crippen LogP contribution >= 0.6 is 11.6 Å². The molecular weight excluding hydrogens is 300 g/mol. The van der Waals surface area contributed by atoms with Crippen LogP contribution in [0.5, 0.6) is 0 Å². The lowest BCUT2D eigenvalue weighted by Gasteiger charge is -2.13. The van der Waals surface area contributed by atoms with E-state index < -0.39 is 0 Å². The molecule has 1 aliphatic rings. The summed E-state index contributed by atoms with van der Waals surface area (Å²) in [5.41, 5.74) is 7.85. The standard InChI is InChI=1S/C16H21ClN4O/c17-10-5-7-13-14(9-10)21-16(20-13)12(18)6-8-15(22)19-11-3-1-2-4-11/h5,7,9,11-12H,1-4,6,8,18H2,(H,19,22)(H,20,21). The van der Waals surface area contributed by atoms with Crippen molar-refractivity contribution in [1.82, 2.24) is 15.3 Å². The maximum Gasteiger partial charge on any atom is 0.220 e. The van der Waals surface area contributed by atoms with Crippen molar-refractivity contribution < 1.29 is 4.79 Å². The Bertz CT molecular complexity index is 663. The molecule has 1 unspecified atom stereocenters. The van der Waals surface area contributed by atoms with Crippen LogP contribution < -0.4 is 11.1 Å². The fraction of sp³-hybridized carbons (Fsp3) is 0.500. The average molecular weight is 321 g/mol. The van der Waals surface area contributed by atoms with Crippen LogP contribution in [0.15, 0.2) is 18.2 Å². The first kappa shape index (κ1) is 15.3. The van der Waals surface area contributed by atoms with Gasteiger partial charge in [0, 0.05) is 17.5 Å². The number of halogens is 1. The molecule has 5 nitrogen and oxygen atoms in total. The summed E-state index contributed by atoms with van der Waals surface area (Å²) in [6, 6.07) is 5.57. The summed E-state index contributed by atoms with van der Waals surface area (Å²) in [7, 11) is 0. The van der Waals surface area contributed by atoms with Crippen LogP contribution in [0.3, 0.4) is 0 Å². The summed E-state index contributed by atoms with van der Waals surface area (Å²) < 4.78 is 0. The number of nitrogens with one attached hydrogen (secondary N) is 2. The number of nitrogens with two attached hydrogens (primary N) is 1. The third kappa shape index (κ3) is 3.59. The predicted octanol–water partition coefficient (Wildman–Crippen LogP) is 3.06. The molecule has 0 aliphatic heterocycles. The Morgan fingerprint density at radius 1 is 1.45 bits per heavy atom. The van der Waals surface area contributed by atoms with Crippen LogP contribution in [-0.4, -0.2) is 21.9 Å². The van der Waals surface area contributed by atoms with Gasteiger partial charge in [0.15, 0.2) is 0 Å². The number of aromatic amines is 1. The second-order valence-electron chi connectivity index (χ2n) is 5.98. The summed E-state index contributed by atoms with van der Waals surface area (Å²) in [6.45, 7) is 0. The topological polar surface area (TPSA) is 83.8 Å². The van der Waals surface area contributed by atoms with Gasteiger partial charge in [0.25, 0.3) is 0 Å². The summed E-state index contributed by atoms with van der Waals surface area (Å²) in [5, 5.41) is 3.74. The first-order valence-electron chi connectivity index (χ1n) is 7.82. The van der Waals surface area contributed by atoms with E-state index in [0.29, 0.717) is 29.7 Å². The van der Waals surface area contributed by atoms with Gasteiger partial charge in [-0.3, -0.25) is 4.79 Å². The molecule has 22 heavy (non-hydrogen) atoms. The quantitative estimate of drug-likeness (QED) is 0.791. The van der Waals surface area contributed by atoms with E-state index in [9.17, 15) is 4.79 Å². The number of hydrogen-bond acceptors (Lipinski definition) is 3. The monoisotopic (exact) mass is 320 g/mol. The number of rotatable bonds is 5. The lowest BCUT2D eigenvalue weighted by Crippen LogP contribution is -2.33. The fourth-order valence-electron chi connectivity index (χ4n) is 2.97. The summed E-state index contributed by atoms with van der Waals surface area (Å²) in [6.07, 6.45) is 5.63. The highest BCUT2D eigenvalue weighted by Crippen LogP contribution is 2.21. The zero-order valence-corrected chi connectivity index (χ0v) is 13.2. The van der Waals surface area contributed by atoms with E-state index >= 15 is 0 Å². The highest BCUT2D eigenvalue weighted by Gasteiger charge is 2.18. The molecule has 1 atom stereocenters. The molecule has 118 valence electrons. The van der Waals surface area contributed by atoms with Gasteiger partial charge < -0.3 is 16.0 Å². The van der Waals surface area contributed by atoms with Gasteiger partial charge in [0.05, 0.1) is 17.1 Å². The molecule has 1 aromatic carbocycles. The van der Waals surface area contributed by atoms with Crippen molar-refractivity contribution in [1.29, 1.82) is 0 Å². The van der Waals surface area contributed by atoms with Crippen LogP contribution in [-0.2, 0) is 4.79 Å². The number of imidazole rings is 1. The Labute approximate surface area is 134 Å². The molecule has 1 saturated carbocycles. The van der Waals surface area contributed by atoms with Gasteiger partial charge >= 0.3 is 0 Å². The number of carbonyl (C=O) groups is 1. The van der Waals surface area contributed by atoms with Crippen molar-refractivity contribution in [3.63, 3.8) is 0 Å². The number of carbonyl (C=O) groups excluding carboxylic acids is 1. The number of amides is 1. The van der Waals surface area contributed by atoms with E-state index in [1.165, 1.54) is 12.8 Å². The molecule has 6 heteroatoms. The summed E-state index contributed by atoms with van der Waals surface area (Å²) in [5.74, 6) is 0.785. The molecule has 0 spiro atoms. The maximum atomic E-state index is 11.9. The summed E-state index contributed by atoms with van der Waals surface area (Å²) in [4.78, 5) is 19.6. The van der Waals surface area contributed by atoms with Gasteiger partial charge in [-0.15, -0.1) is 0 Å². The Hall–Kier alpha value is -1.59. The van der Waals surface area contributed by atoms with E-state index in [2.05, 4.69) is 15.3 Å². The van der Waals surface area contributed by atoms with Crippen LogP contribution in [0.2, 0.25) is 5.02 Å². The molecule has 1 aliphatic carbocycles. The molecule has 4 N–H and O–H groups in total. The largest absolute Gasteiger partial charge is 0.353 e. The van der Waals surface area contributed by atoms with Crippen molar-refractivity contribution in [3.05, 3.63) is 29.0 Å². The van der Waals surface area contributed by atoms with Crippen LogP contribution in [0.4, 0.5) is 0 Å². The van der Waals surface area contributed by atoms with E-state index in [0.717, 1.165) is 23.9 Å². The molecular formula is C16H21ClN4O. The smallest absolute Gasteiger partial charge is 0.220 e. The van der Waals surface area contributed by atoms with Crippen LogP contribution in [0.1, 0.15) is 50.4 Å². The first-order chi connectivity index (χ1) is 10.6. The van der Waals surface area contributed by atoms with Gasteiger partial charge in [-0.2, -0.15) is 0 Å². The van der Waals surface area contributed by atoms with Gasteiger partial charge in [-0.1, -0.05) is 24.4 Å². The number of benzene rings is 1. The molecule has 2 aromatic rings. The zero-order valence-electron chi connectivity index (χ0n) is 12.4. The Morgan fingerprint density at radius 2 is 2.23 bits per heavy atom. The Balaban J connectivity index is 1.55. The second-order valence-corrected chi connectivity index (χ2v) is 6.41. The lowest BCUT2D eigenvalue weighted by molar-refractivity contribution is -0.121. The van der Waals surface area contributed by atoms with Gasteiger partial charge in [0.1, 0.15) is 5.82 Å². The normalized spacial score (nSPS) is 17.0. The van der Waals surface area contributed by atoms with E-state index in [1.54, 1.807) is 6.07 Å². The highest BCUT2D eigenvalue weighted by atomic mass is 35.5. The van der Waals surface area contributed by atoms with E-state index in [1.807, 2.05) is 12.1 Å². The van der Waals surface area contributed by atoms with Gasteiger partial charge in [-0.25, -0.2) is 4.98 Å². The Kier molecular flexibility index (Phi) is 4.64. The predicted molar refractivity (Wildman–Crippen MR) is 87.7 cm³/mol. The minimum atomic E-state index is -0.277. The number of fused-ring (bicyclic) bond motifs is 1. The van der Waals surface area contributed by atoms with Crippen molar-refractivity contribution >= 4 is 28.5 Å². The molecule has 0 bridgehead atoms. The molecule has 1 amide bonds. The van der Waals surface area contributed by atoms with Crippen molar-refractivity contribution in [2.75, 3.05) is 0 Å². The number of hydrogen-bond donors (Lipinski definition) is 3. The van der Waals surface area contributed by atoms with E-state index in [-0.39, 0.29) is 11.9 Å². The van der Waals surface area contributed by atoms with Gasteiger partial charge in [0.2, 0.25) is 5.91 Å². The average Bonchev–Trinajstić information content (AvgIpc) is 3.13. The third-order valence-corrected chi connectivity index (χ3v) is 4.45. The fourth-order valence-corrected chi connectivity index (χ4v) is 3.14. The first-order valence-corrected chi connectivity index (χ1v) is 8.20. The highest BCUT2D eigenvalue weighted by molar-refractivity contribution is 6.31. The van der Waals surface area contributed by atoms with Crippen LogP contribution in [0, 0.1) is 0 Å². The molecule has 1 heterocycles. The lowest BCUT2D eigenvalue weighted by atomic mass is 10.1. The van der Waals surface area contributed by atoms with Gasteiger partial charge in [-0.05, 0) is 37.5 Å². The van der Waals surface area contributed by atoms with Crippen molar-refractivity contribution in [2.24, 2.45) is 5.73 Å². The Morgan fingerprint density at radius 3 is 3.00 bits per heavy atom. The molecule has 0 saturated heterocycles.